The van der Waals surface area contributed by atoms with Crippen molar-refractivity contribution >= 4 is 152 Å². The summed E-state index contributed by atoms with van der Waals surface area (Å²) in [5.74, 6) is -1.20. The highest BCUT2D eigenvalue weighted by molar-refractivity contribution is 7.89. The van der Waals surface area contributed by atoms with E-state index >= 15 is 0 Å². The van der Waals surface area contributed by atoms with E-state index in [9.17, 15) is 51.6 Å². The van der Waals surface area contributed by atoms with E-state index in [4.69, 9.17) is 51.5 Å². The van der Waals surface area contributed by atoms with Crippen LogP contribution in [0, 0.1) is 27.7 Å². The lowest BCUT2D eigenvalue weighted by Gasteiger charge is -2.21. The number of urea groups is 1. The third-order valence-electron chi connectivity index (χ3n) is 22.5. The molecule has 0 fully saturated rings. The topological polar surface area (TPSA) is 497 Å². The molecule has 14 heterocycles. The number of pyridine rings is 4. The van der Waals surface area contributed by atoms with Crippen LogP contribution in [0.3, 0.4) is 0 Å². The van der Waals surface area contributed by atoms with Gasteiger partial charge in [0.1, 0.15) is 34.4 Å². The number of nitrogens with one attached hydrogen (secondary N) is 8. The van der Waals surface area contributed by atoms with Gasteiger partial charge in [-0.25, -0.2) is 66.3 Å². The molecule has 14 aromatic heterocycles. The molecule has 44 heteroatoms. The quantitative estimate of drug-likeness (QED) is 0.0271. The van der Waals surface area contributed by atoms with Gasteiger partial charge in [-0.3, -0.25) is 43.5 Å². The Hall–Kier alpha value is -15.2. The van der Waals surface area contributed by atoms with Crippen LogP contribution >= 0.6 is 46.4 Å². The van der Waals surface area contributed by atoms with E-state index in [-0.39, 0.29) is 70.5 Å². The maximum atomic E-state index is 13.5. The fraction of sp³-hybridized carbons (Fsp3) is 0.231. The molecule has 0 bridgehead atoms. The van der Waals surface area contributed by atoms with E-state index < -0.39 is 51.4 Å². The van der Waals surface area contributed by atoms with E-state index in [0.29, 0.717) is 170 Å². The van der Waals surface area contributed by atoms with Crippen LogP contribution in [0.25, 0.3) is 65.7 Å². The zero-order valence-corrected chi connectivity index (χ0v) is 77.7. The summed E-state index contributed by atoms with van der Waals surface area (Å²) in [6.45, 7) is 15.1. The fourth-order valence-corrected chi connectivity index (χ4v) is 17.6. The highest BCUT2D eigenvalue weighted by Crippen LogP contribution is 2.31. The second-order valence-corrected chi connectivity index (χ2v) is 34.8. The molecule has 0 spiro atoms. The number of nitrogens with two attached hydrogens (primary N) is 1. The largest absolute Gasteiger partial charge is 0.348 e. The van der Waals surface area contributed by atoms with E-state index in [1.165, 1.54) is 27.0 Å². The highest BCUT2D eigenvalue weighted by atomic mass is 35.5. The number of carbonyl (C=O) groups excluding carboxylic acids is 5. The molecular weight excluding hydrogens is 1840 g/mol. The number of aromatic nitrogens is 21. The molecule has 692 valence electrons. The number of amides is 6. The molecule has 0 aliphatic heterocycles. The number of H-pyrrole nitrogens is 2. The number of primary sulfonamides is 1. The third kappa shape index (κ3) is 20.3. The molecule has 4 aromatic carbocycles. The maximum absolute atomic E-state index is 13.5. The fourth-order valence-electron chi connectivity index (χ4n) is 16.1. The van der Waals surface area contributed by atoms with Gasteiger partial charge in [-0.05, 0) is 150 Å². The Balaban J connectivity index is 0.000000137. The van der Waals surface area contributed by atoms with E-state index in [1.54, 1.807) is 217 Å². The SMILES string of the molecule is CNC(=O)NCCn1c([C@H](C)NC(=O)c2c(C)nn3cccnc23)cc2cccc(Cl)c2c1=O.Cc1nn2cccnc2c1C(=O)N[C@@H](C)c1cc2cccc(Cl)c2c(=O)n1CCS(N)(=O)=O.Cc1nn2cccnc2c1C(=O)N[C@@H](C)c1cc2cccc(Cl)c2c(=O)n1CCc1cnc[nH]1.Cc1nn2cccnc2c1C(=O)N[C@@H](C)c1cc2cccc(Cl)c2c(=O)n1CCc1ncn[nH]1. The molecule has 0 aliphatic rings. The predicted octanol–water partition coefficient (Wildman–Crippen LogP) is 10.5. The number of aromatic amines is 2. The van der Waals surface area contributed by atoms with Gasteiger partial charge in [0, 0.05) is 137 Å². The summed E-state index contributed by atoms with van der Waals surface area (Å²) in [6, 6.07) is 32.7. The smallest absolute Gasteiger partial charge is 0.314 e. The predicted molar refractivity (Wildman–Crippen MR) is 510 cm³/mol. The Labute approximate surface area is 786 Å². The molecule has 0 saturated heterocycles. The number of imidazole rings is 1. The molecule has 18 aromatic rings. The summed E-state index contributed by atoms with van der Waals surface area (Å²) in [6.07, 6.45) is 19.1. The van der Waals surface area contributed by atoms with Crippen LogP contribution in [-0.4, -0.2) is 159 Å². The van der Waals surface area contributed by atoms with Crippen molar-refractivity contribution < 1.29 is 32.4 Å². The normalized spacial score (nSPS) is 12.4. The van der Waals surface area contributed by atoms with Crippen LogP contribution in [0.5, 0.6) is 0 Å². The van der Waals surface area contributed by atoms with Crippen molar-refractivity contribution in [2.75, 3.05) is 19.3 Å². The Morgan fingerprint density at radius 1 is 0.437 bits per heavy atom. The number of nitrogens with zero attached hydrogens (tertiary/aromatic N) is 19. The van der Waals surface area contributed by atoms with E-state index in [0.717, 1.165) is 11.1 Å². The maximum Gasteiger partial charge on any atom is 0.314 e. The number of hydrogen-bond donors (Lipinski definition) is 9. The molecule has 6 amide bonds. The lowest BCUT2D eigenvalue weighted by atomic mass is 10.1. The third-order valence-corrected chi connectivity index (χ3v) is 24.5. The first-order valence-corrected chi connectivity index (χ1v) is 45.5. The number of aryl methyl sites for hydroxylation is 6. The van der Waals surface area contributed by atoms with Gasteiger partial charge in [-0.2, -0.15) is 25.5 Å². The van der Waals surface area contributed by atoms with Gasteiger partial charge < -0.3 is 55.2 Å². The molecule has 0 unspecified atom stereocenters. The van der Waals surface area contributed by atoms with E-state index in [1.807, 2.05) is 44.2 Å². The Morgan fingerprint density at radius 2 is 0.756 bits per heavy atom. The summed E-state index contributed by atoms with van der Waals surface area (Å²) < 4.78 is 35.5. The molecular formula is C91H88Cl4N28O11S. The molecule has 0 radical (unpaired) electrons. The van der Waals surface area contributed by atoms with Gasteiger partial charge >= 0.3 is 6.03 Å². The van der Waals surface area contributed by atoms with Gasteiger partial charge in [0.2, 0.25) is 10.0 Å². The number of benzene rings is 4. The summed E-state index contributed by atoms with van der Waals surface area (Å²) in [4.78, 5) is 146. The molecule has 0 aliphatic carbocycles. The second-order valence-electron chi connectivity index (χ2n) is 31.5. The summed E-state index contributed by atoms with van der Waals surface area (Å²) in [5, 5.41) is 51.8. The molecule has 135 heavy (non-hydrogen) atoms. The van der Waals surface area contributed by atoms with Gasteiger partial charge in [0.25, 0.3) is 45.9 Å². The van der Waals surface area contributed by atoms with Crippen molar-refractivity contribution in [2.45, 2.75) is 119 Å². The molecule has 10 N–H and O–H groups in total. The van der Waals surface area contributed by atoms with Crippen LogP contribution in [0.2, 0.25) is 20.1 Å². The van der Waals surface area contributed by atoms with Crippen LogP contribution in [0.4, 0.5) is 4.79 Å². The molecule has 0 saturated carbocycles. The first-order valence-electron chi connectivity index (χ1n) is 42.2. The second kappa shape index (κ2) is 40.5. The molecule has 18 rings (SSSR count). The number of halogens is 4. The van der Waals surface area contributed by atoms with Crippen LogP contribution < -0.4 is 59.3 Å². The number of carbonyl (C=O) groups is 5. The monoisotopic (exact) mass is 1920 g/mol. The first kappa shape index (κ1) is 94.4. The lowest BCUT2D eigenvalue weighted by Crippen LogP contribution is -2.38. The Morgan fingerprint density at radius 3 is 1.05 bits per heavy atom. The van der Waals surface area contributed by atoms with Crippen molar-refractivity contribution in [3.05, 3.63) is 331 Å². The van der Waals surface area contributed by atoms with Crippen molar-refractivity contribution in [3.63, 3.8) is 0 Å². The van der Waals surface area contributed by atoms with Crippen molar-refractivity contribution in [3.8, 4) is 0 Å². The minimum Gasteiger partial charge on any atom is -0.348 e. The van der Waals surface area contributed by atoms with Gasteiger partial charge in [0.05, 0.1) is 101 Å². The van der Waals surface area contributed by atoms with E-state index in [2.05, 4.69) is 97.4 Å². The van der Waals surface area contributed by atoms with Gasteiger partial charge in [-0.1, -0.05) is 94.9 Å². The lowest BCUT2D eigenvalue weighted by molar-refractivity contribution is 0.0930. The van der Waals surface area contributed by atoms with Crippen molar-refractivity contribution in [1.29, 1.82) is 0 Å². The van der Waals surface area contributed by atoms with Crippen LogP contribution in [0.15, 0.2) is 209 Å². The average molecular weight is 1920 g/mol. The average Bonchev–Trinajstić information content (AvgIpc) is 1.26. The number of rotatable bonds is 24. The standard InChI is InChI=1S/C24H22ClN7O2.C23H21ClN8O2.C23H24ClN7O3.C21H21ClN6O4S/c1-14(29-23(33)20-15(2)30-32-9-4-8-27-22(20)32)19-11-16-5-3-6-18(25)21(16)24(34)31(19)10-7-17-12-26-13-28-17;1-13(28-22(33)19-14(2)30-32-9-4-8-25-21(19)32)17-11-15-5-3-6-16(24)20(15)23(34)31(17)10-7-18-26-12-27-29-18;1-13(28-21(32)18-14(2)29-31-10-5-8-26-20(18)31)17-12-15-6-4-7-16(24)19(15)22(33)30(17)11-9-27-23(34)25-3;1-12(25-20(29)17-13(2)26-28-8-4-7-24-19(17)28)16-11-14-5-3-6-15(22)18(14)21(30)27(16)9-10-33(23,31)32/h3-6,8-9,11-14H,7,10H2,1-2H3,(H,26,28)(H,29,33);3-6,8-9,11-13H,7,10H2,1-2H3,(H,28,33)(H,26,27,29);4-8,10,12-13H,9,11H2,1-3H3,(H,28,32)(H2,25,27,34);3-8,11-12H,9-10H2,1-2H3,(H,25,29)(H2,23,31,32)/t14-;2*13-;12-/m0000/s1. The number of hydrogen-bond acceptors (Lipinski definition) is 22. The Kier molecular flexibility index (Phi) is 28.3. The zero-order valence-electron chi connectivity index (χ0n) is 73.8. The number of sulfonamides is 1. The minimum atomic E-state index is -3.83. The summed E-state index contributed by atoms with van der Waals surface area (Å²) >= 11 is 25.3. The van der Waals surface area contributed by atoms with Crippen LogP contribution in [-0.2, 0) is 49.0 Å². The van der Waals surface area contributed by atoms with Gasteiger partial charge in [0.15, 0.2) is 22.6 Å². The van der Waals surface area contributed by atoms with Crippen molar-refractivity contribution in [2.24, 2.45) is 5.14 Å². The highest BCUT2D eigenvalue weighted by Gasteiger charge is 2.30. The van der Waals surface area contributed by atoms with Crippen LogP contribution in [0.1, 0.15) is 150 Å². The zero-order chi connectivity index (χ0) is 96.0. The summed E-state index contributed by atoms with van der Waals surface area (Å²) in [5.41, 5.74) is 7.47. The van der Waals surface area contributed by atoms with Crippen molar-refractivity contribution in [1.82, 2.24) is 134 Å². The van der Waals surface area contributed by atoms with Gasteiger partial charge in [-0.15, -0.1) is 0 Å². The molecule has 39 nitrogen and oxygen atoms in total. The number of fused-ring (bicyclic) bond motifs is 8. The molecule has 4 atom stereocenters. The summed E-state index contributed by atoms with van der Waals surface area (Å²) in [7, 11) is -2.32. The first-order chi connectivity index (χ1) is 64.7. The minimum absolute atomic E-state index is 0.189. The Bertz CT molecular complexity index is 7790.